The van der Waals surface area contributed by atoms with Gasteiger partial charge in [-0.1, -0.05) is 6.07 Å². The Labute approximate surface area is 129 Å². The molecule has 0 saturated heterocycles. The molecule has 0 saturated carbocycles. The summed E-state index contributed by atoms with van der Waals surface area (Å²) in [5.41, 5.74) is 3.13. The molecular formula is C17H20N2OS. The smallest absolute Gasteiger partial charge is 0.251 e. The van der Waals surface area contributed by atoms with E-state index in [1.165, 1.54) is 15.3 Å². The van der Waals surface area contributed by atoms with Crippen LogP contribution in [0.5, 0.6) is 0 Å². The van der Waals surface area contributed by atoms with Crippen LogP contribution in [-0.2, 0) is 12.8 Å². The third kappa shape index (κ3) is 3.27. The van der Waals surface area contributed by atoms with E-state index in [9.17, 15) is 4.79 Å². The van der Waals surface area contributed by atoms with Gasteiger partial charge in [-0.2, -0.15) is 0 Å². The number of carbonyl (C=O) groups is 1. The number of amides is 1. The van der Waals surface area contributed by atoms with Crippen molar-refractivity contribution in [3.63, 3.8) is 0 Å². The Morgan fingerprint density at radius 1 is 1.38 bits per heavy atom. The second kappa shape index (κ2) is 5.90. The number of hydrogen-bond acceptors (Lipinski definition) is 3. The van der Waals surface area contributed by atoms with Crippen molar-refractivity contribution in [2.75, 3.05) is 11.9 Å². The Balaban J connectivity index is 1.63. The van der Waals surface area contributed by atoms with E-state index in [1.807, 2.05) is 12.1 Å². The zero-order valence-corrected chi connectivity index (χ0v) is 13.2. The third-order valence-corrected chi connectivity index (χ3v) is 4.79. The molecule has 0 radical (unpaired) electrons. The number of rotatable bonds is 4. The number of aryl methyl sites for hydroxylation is 1. The number of hydrogen-bond donors (Lipinski definition) is 2. The highest BCUT2D eigenvalue weighted by molar-refractivity contribution is 7.11. The van der Waals surface area contributed by atoms with E-state index in [2.05, 4.69) is 42.7 Å². The average Bonchev–Trinajstić information content (AvgIpc) is 3.06. The van der Waals surface area contributed by atoms with Gasteiger partial charge in [0.1, 0.15) is 0 Å². The van der Waals surface area contributed by atoms with Gasteiger partial charge in [-0.05, 0) is 50.1 Å². The van der Waals surface area contributed by atoms with Crippen LogP contribution in [0, 0.1) is 6.92 Å². The van der Waals surface area contributed by atoms with Crippen molar-refractivity contribution in [2.24, 2.45) is 0 Å². The molecule has 1 aliphatic heterocycles. The summed E-state index contributed by atoms with van der Waals surface area (Å²) >= 11 is 1.79. The van der Waals surface area contributed by atoms with Crippen molar-refractivity contribution in [2.45, 2.75) is 32.7 Å². The first-order chi connectivity index (χ1) is 10.1. The standard InChI is InChI=1S/C17H20N2OS/c1-11(9-15-6-3-12(2)21-15)19-17(20)14-5-4-13-7-8-18-16(13)10-14/h3-6,10-11,18H,7-9H2,1-2H3,(H,19,20). The number of carbonyl (C=O) groups excluding carboxylic acids is 1. The summed E-state index contributed by atoms with van der Waals surface area (Å²) in [6.07, 6.45) is 1.93. The summed E-state index contributed by atoms with van der Waals surface area (Å²) in [5.74, 6) is 0.00674. The lowest BCUT2D eigenvalue weighted by Gasteiger charge is -2.13. The van der Waals surface area contributed by atoms with Crippen LogP contribution in [0.1, 0.15) is 32.6 Å². The molecule has 2 N–H and O–H groups in total. The van der Waals surface area contributed by atoms with Gasteiger partial charge in [-0.25, -0.2) is 0 Å². The highest BCUT2D eigenvalue weighted by atomic mass is 32.1. The van der Waals surface area contributed by atoms with Crippen LogP contribution in [0.4, 0.5) is 5.69 Å². The van der Waals surface area contributed by atoms with Crippen LogP contribution < -0.4 is 10.6 Å². The van der Waals surface area contributed by atoms with Gasteiger partial charge < -0.3 is 10.6 Å². The first-order valence-electron chi connectivity index (χ1n) is 7.35. The van der Waals surface area contributed by atoms with Crippen molar-refractivity contribution >= 4 is 22.9 Å². The minimum Gasteiger partial charge on any atom is -0.384 e. The molecule has 21 heavy (non-hydrogen) atoms. The number of nitrogens with one attached hydrogen (secondary N) is 2. The van der Waals surface area contributed by atoms with E-state index < -0.39 is 0 Å². The Morgan fingerprint density at radius 3 is 3.00 bits per heavy atom. The fourth-order valence-corrected chi connectivity index (χ4v) is 3.71. The lowest BCUT2D eigenvalue weighted by molar-refractivity contribution is 0.0940. The maximum absolute atomic E-state index is 12.3. The molecule has 1 atom stereocenters. The Hall–Kier alpha value is -1.81. The van der Waals surface area contributed by atoms with Gasteiger partial charge in [-0.15, -0.1) is 11.3 Å². The van der Waals surface area contributed by atoms with Gasteiger partial charge in [0.15, 0.2) is 0 Å². The number of benzene rings is 1. The molecule has 1 aromatic carbocycles. The van der Waals surface area contributed by atoms with E-state index in [-0.39, 0.29) is 11.9 Å². The summed E-state index contributed by atoms with van der Waals surface area (Å²) in [4.78, 5) is 14.9. The van der Waals surface area contributed by atoms with E-state index in [0.29, 0.717) is 0 Å². The van der Waals surface area contributed by atoms with Gasteiger partial charge in [-0.3, -0.25) is 4.79 Å². The second-order valence-electron chi connectivity index (χ2n) is 5.64. The molecule has 1 aromatic heterocycles. The Morgan fingerprint density at radius 2 is 2.24 bits per heavy atom. The SMILES string of the molecule is Cc1ccc(CC(C)NC(=O)c2ccc3c(c2)NCC3)s1. The normalized spacial score (nSPS) is 14.4. The van der Waals surface area contributed by atoms with E-state index >= 15 is 0 Å². The largest absolute Gasteiger partial charge is 0.384 e. The van der Waals surface area contributed by atoms with Gasteiger partial charge in [0, 0.05) is 40.0 Å². The number of anilines is 1. The van der Waals surface area contributed by atoms with Crippen molar-refractivity contribution in [3.05, 3.63) is 51.2 Å². The fraction of sp³-hybridized carbons (Fsp3) is 0.353. The molecule has 1 unspecified atom stereocenters. The van der Waals surface area contributed by atoms with Crippen molar-refractivity contribution < 1.29 is 4.79 Å². The van der Waals surface area contributed by atoms with Crippen LogP contribution in [-0.4, -0.2) is 18.5 Å². The van der Waals surface area contributed by atoms with Crippen molar-refractivity contribution in [3.8, 4) is 0 Å². The number of thiophene rings is 1. The maximum Gasteiger partial charge on any atom is 0.251 e. The van der Waals surface area contributed by atoms with Crippen LogP contribution >= 0.6 is 11.3 Å². The molecule has 0 bridgehead atoms. The topological polar surface area (TPSA) is 41.1 Å². The fourth-order valence-electron chi connectivity index (χ4n) is 2.69. The van der Waals surface area contributed by atoms with E-state index in [1.54, 1.807) is 11.3 Å². The Kier molecular flexibility index (Phi) is 3.97. The lowest BCUT2D eigenvalue weighted by atomic mass is 10.1. The van der Waals surface area contributed by atoms with Gasteiger partial charge in [0.25, 0.3) is 5.91 Å². The monoisotopic (exact) mass is 300 g/mol. The lowest BCUT2D eigenvalue weighted by Crippen LogP contribution is -2.33. The summed E-state index contributed by atoms with van der Waals surface area (Å²) < 4.78 is 0. The molecule has 2 aromatic rings. The van der Waals surface area contributed by atoms with Crippen molar-refractivity contribution in [1.29, 1.82) is 0 Å². The van der Waals surface area contributed by atoms with Crippen LogP contribution in [0.3, 0.4) is 0 Å². The highest BCUT2D eigenvalue weighted by Crippen LogP contribution is 2.23. The molecule has 0 aliphatic carbocycles. The predicted octanol–water partition coefficient (Wildman–Crippen LogP) is 3.39. The molecular weight excluding hydrogens is 280 g/mol. The number of fused-ring (bicyclic) bond motifs is 1. The molecule has 110 valence electrons. The van der Waals surface area contributed by atoms with E-state index in [0.717, 1.165) is 30.6 Å². The average molecular weight is 300 g/mol. The second-order valence-corrected chi connectivity index (χ2v) is 7.01. The van der Waals surface area contributed by atoms with Gasteiger partial charge in [0.05, 0.1) is 0 Å². The minimum atomic E-state index is 0.00674. The highest BCUT2D eigenvalue weighted by Gasteiger charge is 2.15. The maximum atomic E-state index is 12.3. The molecule has 3 rings (SSSR count). The quantitative estimate of drug-likeness (QED) is 0.909. The summed E-state index contributed by atoms with van der Waals surface area (Å²) in [5, 5.41) is 6.40. The Bertz CT molecular complexity index is 663. The van der Waals surface area contributed by atoms with Crippen LogP contribution in [0.25, 0.3) is 0 Å². The zero-order chi connectivity index (χ0) is 14.8. The molecule has 0 spiro atoms. The van der Waals surface area contributed by atoms with Crippen molar-refractivity contribution in [1.82, 2.24) is 5.32 Å². The molecule has 4 heteroatoms. The third-order valence-electron chi connectivity index (χ3n) is 3.76. The molecule has 2 heterocycles. The predicted molar refractivity (Wildman–Crippen MR) is 88.3 cm³/mol. The summed E-state index contributed by atoms with van der Waals surface area (Å²) in [6, 6.07) is 10.3. The zero-order valence-electron chi connectivity index (χ0n) is 12.4. The first-order valence-corrected chi connectivity index (χ1v) is 8.16. The van der Waals surface area contributed by atoms with Crippen LogP contribution in [0.2, 0.25) is 0 Å². The van der Waals surface area contributed by atoms with Gasteiger partial charge >= 0.3 is 0 Å². The summed E-state index contributed by atoms with van der Waals surface area (Å²) in [7, 11) is 0. The van der Waals surface area contributed by atoms with Gasteiger partial charge in [0.2, 0.25) is 0 Å². The van der Waals surface area contributed by atoms with E-state index in [4.69, 9.17) is 0 Å². The molecule has 1 amide bonds. The minimum absolute atomic E-state index is 0.00674. The molecule has 3 nitrogen and oxygen atoms in total. The molecule has 1 aliphatic rings. The molecule has 0 fully saturated rings. The van der Waals surface area contributed by atoms with Crippen LogP contribution in [0.15, 0.2) is 30.3 Å². The first kappa shape index (κ1) is 14.1. The summed E-state index contributed by atoms with van der Waals surface area (Å²) in [6.45, 7) is 5.13.